The van der Waals surface area contributed by atoms with E-state index in [-0.39, 0.29) is 17.8 Å². The quantitative estimate of drug-likeness (QED) is 0.572. The maximum Gasteiger partial charge on any atom is 0.232 e. The van der Waals surface area contributed by atoms with E-state index < -0.39 is 0 Å². The molecule has 5 nitrogen and oxygen atoms in total. The van der Waals surface area contributed by atoms with Gasteiger partial charge in [-0.05, 0) is 31.5 Å². The smallest absolute Gasteiger partial charge is 0.232 e. The standard InChI is InChI=1S/C23H26FN3O2/c1-16(2)26(4)23-21(22(25-29-23)19-8-6-5-7-9-19)15-27(17(3)28)14-18-10-12-20(24)13-11-18/h5-13,16H,14-15H2,1-4H3. The summed E-state index contributed by atoms with van der Waals surface area (Å²) < 4.78 is 18.9. The monoisotopic (exact) mass is 395 g/mol. The van der Waals surface area contributed by atoms with Crippen LogP contribution >= 0.6 is 0 Å². The molecule has 1 aromatic heterocycles. The van der Waals surface area contributed by atoms with E-state index in [1.165, 1.54) is 19.1 Å². The molecular formula is C23H26FN3O2. The molecule has 6 heteroatoms. The third-order valence-corrected chi connectivity index (χ3v) is 4.99. The molecule has 0 radical (unpaired) electrons. The van der Waals surface area contributed by atoms with E-state index in [1.54, 1.807) is 17.0 Å². The number of amides is 1. The molecule has 0 spiro atoms. The molecule has 1 amide bonds. The van der Waals surface area contributed by atoms with Crippen molar-refractivity contribution in [1.29, 1.82) is 0 Å². The Balaban J connectivity index is 1.98. The number of nitrogens with zero attached hydrogens (tertiary/aromatic N) is 3. The molecule has 0 fully saturated rings. The first-order valence-electron chi connectivity index (χ1n) is 9.63. The molecule has 152 valence electrons. The number of hydrogen-bond donors (Lipinski definition) is 0. The van der Waals surface area contributed by atoms with Crippen molar-refractivity contribution in [3.8, 4) is 11.3 Å². The van der Waals surface area contributed by atoms with Crippen LogP contribution < -0.4 is 4.90 Å². The minimum atomic E-state index is -0.297. The summed E-state index contributed by atoms with van der Waals surface area (Å²) >= 11 is 0. The molecule has 29 heavy (non-hydrogen) atoms. The van der Waals surface area contributed by atoms with Crippen molar-refractivity contribution >= 4 is 11.8 Å². The summed E-state index contributed by atoms with van der Waals surface area (Å²) in [5.41, 5.74) is 3.36. The van der Waals surface area contributed by atoms with E-state index in [0.717, 1.165) is 22.4 Å². The molecule has 0 aliphatic rings. The first-order chi connectivity index (χ1) is 13.9. The van der Waals surface area contributed by atoms with Gasteiger partial charge in [-0.25, -0.2) is 4.39 Å². The van der Waals surface area contributed by atoms with Crippen molar-refractivity contribution in [2.75, 3.05) is 11.9 Å². The predicted molar refractivity (Wildman–Crippen MR) is 112 cm³/mol. The Hall–Kier alpha value is -3.15. The fourth-order valence-corrected chi connectivity index (χ4v) is 3.06. The Morgan fingerprint density at radius 1 is 1.07 bits per heavy atom. The molecule has 0 N–H and O–H groups in total. The largest absolute Gasteiger partial charge is 0.341 e. The van der Waals surface area contributed by atoms with E-state index in [4.69, 9.17) is 4.52 Å². The van der Waals surface area contributed by atoms with Crippen LogP contribution in [0.4, 0.5) is 10.3 Å². The maximum atomic E-state index is 13.2. The second kappa shape index (κ2) is 8.90. The van der Waals surface area contributed by atoms with Crippen LogP contribution in [0.3, 0.4) is 0 Å². The molecule has 0 bridgehead atoms. The fourth-order valence-electron chi connectivity index (χ4n) is 3.06. The van der Waals surface area contributed by atoms with Crippen LogP contribution in [0.2, 0.25) is 0 Å². The number of carbonyl (C=O) groups is 1. The summed E-state index contributed by atoms with van der Waals surface area (Å²) in [7, 11) is 1.95. The number of hydrogen-bond acceptors (Lipinski definition) is 4. The van der Waals surface area contributed by atoms with Gasteiger partial charge in [-0.3, -0.25) is 4.79 Å². The van der Waals surface area contributed by atoms with Crippen molar-refractivity contribution in [3.05, 3.63) is 71.5 Å². The summed E-state index contributed by atoms with van der Waals surface area (Å²) in [5, 5.41) is 4.32. The van der Waals surface area contributed by atoms with Gasteiger partial charge in [0, 0.05) is 32.1 Å². The van der Waals surface area contributed by atoms with E-state index in [9.17, 15) is 9.18 Å². The molecule has 0 unspecified atom stereocenters. The SMILES string of the molecule is CC(=O)N(Cc1ccc(F)cc1)Cc1c(-c2ccccc2)noc1N(C)C(C)C. The second-order valence-corrected chi connectivity index (χ2v) is 7.39. The van der Waals surface area contributed by atoms with E-state index in [1.807, 2.05) is 42.3 Å². The molecule has 1 heterocycles. The van der Waals surface area contributed by atoms with Gasteiger partial charge in [0.2, 0.25) is 11.8 Å². The number of anilines is 1. The van der Waals surface area contributed by atoms with Crippen LogP contribution in [0.15, 0.2) is 59.1 Å². The summed E-state index contributed by atoms with van der Waals surface area (Å²) in [6, 6.07) is 16.2. The van der Waals surface area contributed by atoms with E-state index >= 15 is 0 Å². The zero-order valence-corrected chi connectivity index (χ0v) is 17.2. The summed E-state index contributed by atoms with van der Waals surface area (Å²) in [6.07, 6.45) is 0. The number of aromatic nitrogens is 1. The Bertz CT molecular complexity index is 952. The van der Waals surface area contributed by atoms with Gasteiger partial charge < -0.3 is 14.3 Å². The molecule has 3 rings (SSSR count). The molecule has 0 saturated carbocycles. The molecule has 0 atom stereocenters. The molecule has 0 aliphatic carbocycles. The van der Waals surface area contributed by atoms with Gasteiger partial charge in [-0.1, -0.05) is 47.6 Å². The van der Waals surface area contributed by atoms with Crippen LogP contribution in [-0.2, 0) is 17.9 Å². The van der Waals surface area contributed by atoms with Gasteiger partial charge >= 0.3 is 0 Å². The number of carbonyl (C=O) groups excluding carboxylic acids is 1. The Labute approximate surface area is 170 Å². The topological polar surface area (TPSA) is 49.6 Å². The fraction of sp³-hybridized carbons (Fsp3) is 0.304. The average molecular weight is 395 g/mol. The molecule has 2 aromatic carbocycles. The Morgan fingerprint density at radius 2 is 1.72 bits per heavy atom. The van der Waals surface area contributed by atoms with Crippen molar-refractivity contribution in [1.82, 2.24) is 10.1 Å². The summed E-state index contributed by atoms with van der Waals surface area (Å²) in [5.74, 6) is 0.270. The van der Waals surface area contributed by atoms with Crippen molar-refractivity contribution in [3.63, 3.8) is 0 Å². The van der Waals surface area contributed by atoms with Crippen LogP contribution in [0.5, 0.6) is 0 Å². The van der Waals surface area contributed by atoms with Crippen LogP contribution in [-0.4, -0.2) is 29.1 Å². The molecular weight excluding hydrogens is 369 g/mol. The normalized spacial score (nSPS) is 11.0. The summed E-state index contributed by atoms with van der Waals surface area (Å²) in [6.45, 7) is 6.38. The first-order valence-corrected chi connectivity index (χ1v) is 9.63. The third kappa shape index (κ3) is 4.83. The van der Waals surface area contributed by atoms with Gasteiger partial charge in [0.05, 0.1) is 12.1 Å². The highest BCUT2D eigenvalue weighted by molar-refractivity contribution is 5.75. The third-order valence-electron chi connectivity index (χ3n) is 4.99. The Kier molecular flexibility index (Phi) is 6.32. The van der Waals surface area contributed by atoms with Crippen LogP contribution in [0.25, 0.3) is 11.3 Å². The number of rotatable bonds is 7. The van der Waals surface area contributed by atoms with Gasteiger partial charge in [0.15, 0.2) is 0 Å². The first kappa shape index (κ1) is 20.6. The van der Waals surface area contributed by atoms with Crippen molar-refractivity contribution in [2.45, 2.75) is 39.9 Å². The van der Waals surface area contributed by atoms with Crippen LogP contribution in [0, 0.1) is 5.82 Å². The highest BCUT2D eigenvalue weighted by atomic mass is 19.1. The highest BCUT2D eigenvalue weighted by Crippen LogP contribution is 2.33. The zero-order chi connectivity index (χ0) is 21.0. The highest BCUT2D eigenvalue weighted by Gasteiger charge is 2.25. The van der Waals surface area contributed by atoms with Gasteiger partial charge in [0.25, 0.3) is 0 Å². The molecule has 0 saturated heterocycles. The van der Waals surface area contributed by atoms with Crippen molar-refractivity contribution in [2.24, 2.45) is 0 Å². The lowest BCUT2D eigenvalue weighted by Crippen LogP contribution is -2.30. The molecule has 3 aromatic rings. The maximum absolute atomic E-state index is 13.2. The lowest BCUT2D eigenvalue weighted by Gasteiger charge is -2.25. The minimum absolute atomic E-state index is 0.0762. The van der Waals surface area contributed by atoms with E-state index in [0.29, 0.717) is 19.0 Å². The van der Waals surface area contributed by atoms with E-state index in [2.05, 4.69) is 19.0 Å². The lowest BCUT2D eigenvalue weighted by molar-refractivity contribution is -0.130. The van der Waals surface area contributed by atoms with Crippen LogP contribution in [0.1, 0.15) is 31.9 Å². The van der Waals surface area contributed by atoms with Crippen molar-refractivity contribution < 1.29 is 13.7 Å². The summed E-state index contributed by atoms with van der Waals surface area (Å²) in [4.78, 5) is 16.1. The number of benzene rings is 2. The average Bonchev–Trinajstić information content (AvgIpc) is 3.12. The Morgan fingerprint density at radius 3 is 2.31 bits per heavy atom. The molecule has 0 aliphatic heterocycles. The predicted octanol–water partition coefficient (Wildman–Crippen LogP) is 4.87. The number of halogens is 1. The zero-order valence-electron chi connectivity index (χ0n) is 17.2. The van der Waals surface area contributed by atoms with Gasteiger partial charge in [-0.2, -0.15) is 0 Å². The van der Waals surface area contributed by atoms with Gasteiger partial charge in [-0.15, -0.1) is 0 Å². The lowest BCUT2D eigenvalue weighted by atomic mass is 10.1. The van der Waals surface area contributed by atoms with Gasteiger partial charge in [0.1, 0.15) is 11.5 Å². The minimum Gasteiger partial charge on any atom is -0.341 e. The second-order valence-electron chi connectivity index (χ2n) is 7.39.